The number of ether oxygens (including phenoxy) is 1. The third-order valence-corrected chi connectivity index (χ3v) is 4.01. The summed E-state index contributed by atoms with van der Waals surface area (Å²) in [5.41, 5.74) is 0.140. The lowest BCUT2D eigenvalue weighted by molar-refractivity contribution is -0.135. The van der Waals surface area contributed by atoms with Gasteiger partial charge in [-0.1, -0.05) is 12.2 Å². The highest BCUT2D eigenvalue weighted by molar-refractivity contribution is 5.82. The van der Waals surface area contributed by atoms with Crippen LogP contribution in [0.1, 0.15) is 30.9 Å². The highest BCUT2D eigenvalue weighted by atomic mass is 19.1. The molecule has 0 radical (unpaired) electrons. The van der Waals surface area contributed by atoms with Crippen molar-refractivity contribution >= 4 is 11.9 Å². The number of carbonyl (C=O) groups excluding carboxylic acids is 2. The third-order valence-electron chi connectivity index (χ3n) is 4.01. The van der Waals surface area contributed by atoms with Crippen LogP contribution in [-0.4, -0.2) is 29.9 Å². The van der Waals surface area contributed by atoms with Gasteiger partial charge in [0.2, 0.25) is 5.91 Å². The van der Waals surface area contributed by atoms with E-state index in [9.17, 15) is 18.4 Å². The van der Waals surface area contributed by atoms with E-state index in [0.717, 1.165) is 18.2 Å². The lowest BCUT2D eigenvalue weighted by atomic mass is 10.0. The van der Waals surface area contributed by atoms with Crippen LogP contribution in [-0.2, 0) is 14.3 Å². The molecular formula is C18H19F2NO3. The zero-order valence-corrected chi connectivity index (χ0v) is 13.4. The predicted octanol–water partition coefficient (Wildman–Crippen LogP) is 3.30. The second-order valence-electron chi connectivity index (χ2n) is 5.50. The zero-order valence-electron chi connectivity index (χ0n) is 13.4. The molecule has 0 saturated carbocycles. The fraction of sp³-hybridized carbons (Fsp3) is 0.333. The van der Waals surface area contributed by atoms with E-state index >= 15 is 0 Å². The Balaban J connectivity index is 2.35. The number of hydrogen-bond donors (Lipinski definition) is 0. The number of methoxy groups -OCH3 is 1. The van der Waals surface area contributed by atoms with Crippen molar-refractivity contribution in [2.45, 2.75) is 31.3 Å². The monoisotopic (exact) mass is 335 g/mol. The average molecular weight is 335 g/mol. The van der Waals surface area contributed by atoms with Crippen LogP contribution < -0.4 is 0 Å². The molecule has 0 spiro atoms. The van der Waals surface area contributed by atoms with E-state index in [-0.39, 0.29) is 23.9 Å². The molecule has 0 aromatic heterocycles. The van der Waals surface area contributed by atoms with Gasteiger partial charge in [0, 0.05) is 18.1 Å². The van der Waals surface area contributed by atoms with Crippen LogP contribution >= 0.6 is 0 Å². The lowest BCUT2D eigenvalue weighted by Crippen LogP contribution is -2.36. The van der Waals surface area contributed by atoms with Crippen molar-refractivity contribution in [3.05, 3.63) is 60.2 Å². The van der Waals surface area contributed by atoms with Crippen molar-refractivity contribution in [1.82, 2.24) is 4.90 Å². The third kappa shape index (κ3) is 3.88. The van der Waals surface area contributed by atoms with E-state index in [0.29, 0.717) is 12.8 Å². The molecule has 2 atom stereocenters. The summed E-state index contributed by atoms with van der Waals surface area (Å²) in [5.74, 6) is -1.91. The van der Waals surface area contributed by atoms with Gasteiger partial charge in [0.25, 0.3) is 0 Å². The summed E-state index contributed by atoms with van der Waals surface area (Å²) in [4.78, 5) is 25.2. The number of hydrogen-bond acceptors (Lipinski definition) is 3. The molecule has 1 aromatic carbocycles. The SMILES string of the molecule is C=CCC(=O)N1[C@@H](/C=C/C(=O)OC)CC[C@H]1c1cc(F)ccc1F. The molecule has 1 aliphatic rings. The summed E-state index contributed by atoms with van der Waals surface area (Å²) in [6, 6.07) is 2.24. The molecule has 1 aliphatic heterocycles. The summed E-state index contributed by atoms with van der Waals surface area (Å²) in [5, 5.41) is 0. The van der Waals surface area contributed by atoms with Crippen molar-refractivity contribution < 1.29 is 23.1 Å². The van der Waals surface area contributed by atoms with Gasteiger partial charge in [-0.3, -0.25) is 4.79 Å². The molecule has 1 amide bonds. The van der Waals surface area contributed by atoms with Crippen molar-refractivity contribution in [3.8, 4) is 0 Å². The van der Waals surface area contributed by atoms with Crippen LogP contribution in [0.2, 0.25) is 0 Å². The fourth-order valence-corrected chi connectivity index (χ4v) is 2.95. The van der Waals surface area contributed by atoms with Crippen molar-refractivity contribution in [1.29, 1.82) is 0 Å². The van der Waals surface area contributed by atoms with Gasteiger partial charge in [-0.15, -0.1) is 6.58 Å². The maximum atomic E-state index is 14.1. The Morgan fingerprint density at radius 3 is 2.79 bits per heavy atom. The smallest absolute Gasteiger partial charge is 0.330 e. The normalized spacial score (nSPS) is 20.4. The molecule has 0 N–H and O–H groups in total. The Morgan fingerprint density at radius 1 is 1.38 bits per heavy atom. The molecule has 0 aliphatic carbocycles. The molecule has 4 nitrogen and oxygen atoms in total. The van der Waals surface area contributed by atoms with Crippen LogP contribution in [0.25, 0.3) is 0 Å². The number of nitrogens with zero attached hydrogens (tertiary/aromatic N) is 1. The first-order valence-electron chi connectivity index (χ1n) is 7.61. The maximum absolute atomic E-state index is 14.1. The fourth-order valence-electron chi connectivity index (χ4n) is 2.95. The summed E-state index contributed by atoms with van der Waals surface area (Å²) in [6.07, 6.45) is 5.35. The second-order valence-corrected chi connectivity index (χ2v) is 5.50. The number of likely N-dealkylation sites (tertiary alicyclic amines) is 1. The second kappa shape index (κ2) is 7.86. The number of amides is 1. The van der Waals surface area contributed by atoms with Crippen molar-refractivity contribution in [2.75, 3.05) is 7.11 Å². The van der Waals surface area contributed by atoms with E-state index in [1.807, 2.05) is 0 Å². The zero-order chi connectivity index (χ0) is 17.7. The Labute approximate surface area is 139 Å². The van der Waals surface area contributed by atoms with Gasteiger partial charge in [-0.05, 0) is 31.0 Å². The number of rotatable bonds is 5. The van der Waals surface area contributed by atoms with Gasteiger partial charge in [-0.2, -0.15) is 0 Å². The van der Waals surface area contributed by atoms with Gasteiger partial charge < -0.3 is 9.64 Å². The van der Waals surface area contributed by atoms with Gasteiger partial charge in [-0.25, -0.2) is 13.6 Å². The molecule has 1 aromatic rings. The molecular weight excluding hydrogens is 316 g/mol. The molecule has 1 heterocycles. The molecule has 0 bridgehead atoms. The van der Waals surface area contributed by atoms with Gasteiger partial charge in [0.1, 0.15) is 11.6 Å². The van der Waals surface area contributed by atoms with Crippen LogP contribution in [0, 0.1) is 11.6 Å². The Hall–Kier alpha value is -2.50. The van der Waals surface area contributed by atoms with Crippen LogP contribution in [0.15, 0.2) is 43.0 Å². The van der Waals surface area contributed by atoms with Crippen LogP contribution in [0.5, 0.6) is 0 Å². The van der Waals surface area contributed by atoms with Crippen molar-refractivity contribution in [3.63, 3.8) is 0 Å². The standard InChI is InChI=1S/C18H19F2NO3/c1-3-4-17(22)21-13(7-10-18(23)24-2)6-9-16(21)14-11-12(19)5-8-15(14)20/h3,5,7-8,10-11,13,16H,1,4,6,9H2,2H3/b10-7+/t13-,16+/m1/s1. The number of halogens is 2. The Morgan fingerprint density at radius 2 is 2.12 bits per heavy atom. The first-order valence-corrected chi connectivity index (χ1v) is 7.61. The minimum absolute atomic E-state index is 0.0794. The Kier molecular flexibility index (Phi) is 5.84. The van der Waals surface area contributed by atoms with E-state index in [1.54, 1.807) is 6.08 Å². The van der Waals surface area contributed by atoms with E-state index < -0.39 is 23.6 Å². The molecule has 2 rings (SSSR count). The Bertz CT molecular complexity index is 672. The molecule has 6 heteroatoms. The largest absolute Gasteiger partial charge is 0.466 e. The number of carbonyl (C=O) groups is 2. The van der Waals surface area contributed by atoms with Crippen LogP contribution in [0.4, 0.5) is 8.78 Å². The van der Waals surface area contributed by atoms with E-state index in [4.69, 9.17) is 0 Å². The molecule has 0 unspecified atom stereocenters. The summed E-state index contributed by atoms with van der Waals surface area (Å²) >= 11 is 0. The molecule has 128 valence electrons. The summed E-state index contributed by atoms with van der Waals surface area (Å²) < 4.78 is 32.2. The van der Waals surface area contributed by atoms with Crippen LogP contribution in [0.3, 0.4) is 0 Å². The minimum atomic E-state index is -0.583. The summed E-state index contributed by atoms with van der Waals surface area (Å²) in [6.45, 7) is 3.54. The molecule has 24 heavy (non-hydrogen) atoms. The topological polar surface area (TPSA) is 46.6 Å². The highest BCUT2D eigenvalue weighted by Crippen LogP contribution is 2.38. The van der Waals surface area contributed by atoms with E-state index in [2.05, 4.69) is 11.3 Å². The quantitative estimate of drug-likeness (QED) is 0.471. The number of benzene rings is 1. The highest BCUT2D eigenvalue weighted by Gasteiger charge is 2.37. The van der Waals surface area contributed by atoms with Gasteiger partial charge in [0.15, 0.2) is 0 Å². The van der Waals surface area contributed by atoms with Crippen molar-refractivity contribution in [2.24, 2.45) is 0 Å². The minimum Gasteiger partial charge on any atom is -0.466 e. The summed E-state index contributed by atoms with van der Waals surface area (Å²) in [7, 11) is 1.26. The molecule has 1 fully saturated rings. The average Bonchev–Trinajstić information content (AvgIpc) is 2.98. The first kappa shape index (κ1) is 17.8. The maximum Gasteiger partial charge on any atom is 0.330 e. The number of esters is 1. The predicted molar refractivity (Wildman–Crippen MR) is 84.9 cm³/mol. The first-order chi connectivity index (χ1) is 11.5. The molecule has 1 saturated heterocycles. The van der Waals surface area contributed by atoms with Gasteiger partial charge >= 0.3 is 5.97 Å². The lowest BCUT2D eigenvalue weighted by Gasteiger charge is -2.29. The van der Waals surface area contributed by atoms with E-state index in [1.165, 1.54) is 24.2 Å². The van der Waals surface area contributed by atoms with Gasteiger partial charge in [0.05, 0.1) is 19.2 Å².